The summed E-state index contributed by atoms with van der Waals surface area (Å²) in [7, 11) is 0. The molecule has 0 unspecified atom stereocenters. The first-order valence-electron chi connectivity index (χ1n) is 4.95. The molecule has 0 aliphatic carbocycles. The van der Waals surface area contributed by atoms with E-state index in [-0.39, 0.29) is 6.23 Å². The summed E-state index contributed by atoms with van der Waals surface area (Å²) in [5, 5.41) is 1.38. The second-order valence-corrected chi connectivity index (χ2v) is 3.95. The van der Waals surface area contributed by atoms with E-state index in [1.807, 2.05) is 16.8 Å². The summed E-state index contributed by atoms with van der Waals surface area (Å²) in [5.74, 6) is 0. The highest BCUT2D eigenvalue weighted by atomic mass is 35.5. The van der Waals surface area contributed by atoms with Crippen molar-refractivity contribution < 1.29 is 4.74 Å². The zero-order valence-corrected chi connectivity index (χ0v) is 8.81. The summed E-state index contributed by atoms with van der Waals surface area (Å²) in [6, 6.07) is 1.93. The van der Waals surface area contributed by atoms with Gasteiger partial charge in [-0.3, -0.25) is 0 Å². The Labute approximate surface area is 91.8 Å². The van der Waals surface area contributed by atoms with Gasteiger partial charge in [-0.05, 0) is 18.9 Å². The second-order valence-electron chi connectivity index (χ2n) is 3.59. The van der Waals surface area contributed by atoms with Gasteiger partial charge in [0.05, 0.1) is 5.39 Å². The van der Waals surface area contributed by atoms with Crippen LogP contribution in [0.15, 0.2) is 18.6 Å². The highest BCUT2D eigenvalue weighted by Crippen LogP contribution is 2.28. The molecule has 0 bridgehead atoms. The lowest BCUT2D eigenvalue weighted by Gasteiger charge is -2.11. The lowest BCUT2D eigenvalue weighted by atomic mass is 10.3. The highest BCUT2D eigenvalue weighted by molar-refractivity contribution is 6.33. The third kappa shape index (κ3) is 1.41. The maximum Gasteiger partial charge on any atom is 0.146 e. The predicted octanol–water partition coefficient (Wildman–Crippen LogP) is 2.39. The maximum absolute atomic E-state index is 5.97. The van der Waals surface area contributed by atoms with Crippen LogP contribution >= 0.6 is 11.6 Å². The molecule has 15 heavy (non-hydrogen) atoms. The van der Waals surface area contributed by atoms with Crippen LogP contribution in [0.2, 0.25) is 5.15 Å². The van der Waals surface area contributed by atoms with Gasteiger partial charge in [-0.1, -0.05) is 11.6 Å². The van der Waals surface area contributed by atoms with Crippen molar-refractivity contribution in [3.63, 3.8) is 0 Å². The predicted molar refractivity (Wildman–Crippen MR) is 56.8 cm³/mol. The second kappa shape index (κ2) is 3.47. The van der Waals surface area contributed by atoms with E-state index < -0.39 is 0 Å². The molecule has 3 heterocycles. The average molecular weight is 224 g/mol. The number of rotatable bonds is 1. The zero-order chi connectivity index (χ0) is 10.3. The highest BCUT2D eigenvalue weighted by Gasteiger charge is 2.19. The van der Waals surface area contributed by atoms with Crippen LogP contribution in [0.3, 0.4) is 0 Å². The van der Waals surface area contributed by atoms with Crippen molar-refractivity contribution in [3.05, 3.63) is 23.7 Å². The summed E-state index contributed by atoms with van der Waals surface area (Å²) in [6.45, 7) is 0.823. The van der Waals surface area contributed by atoms with Gasteiger partial charge < -0.3 is 9.30 Å². The van der Waals surface area contributed by atoms with Gasteiger partial charge in [0.15, 0.2) is 0 Å². The van der Waals surface area contributed by atoms with Gasteiger partial charge in [-0.25, -0.2) is 9.97 Å². The number of ether oxygens (including phenoxy) is 1. The van der Waals surface area contributed by atoms with Crippen molar-refractivity contribution in [1.82, 2.24) is 14.5 Å². The Kier molecular flexibility index (Phi) is 2.11. The first-order valence-corrected chi connectivity index (χ1v) is 5.33. The molecule has 1 fully saturated rings. The van der Waals surface area contributed by atoms with Crippen LogP contribution in [0.25, 0.3) is 11.0 Å². The molecule has 4 nitrogen and oxygen atoms in total. The van der Waals surface area contributed by atoms with Gasteiger partial charge in [0.2, 0.25) is 0 Å². The number of fused-ring (bicyclic) bond motifs is 1. The smallest absolute Gasteiger partial charge is 0.146 e. The van der Waals surface area contributed by atoms with Crippen LogP contribution in [0, 0.1) is 0 Å². The van der Waals surface area contributed by atoms with Crippen molar-refractivity contribution in [3.8, 4) is 0 Å². The molecule has 0 spiro atoms. The van der Waals surface area contributed by atoms with Gasteiger partial charge >= 0.3 is 0 Å². The molecule has 0 radical (unpaired) electrons. The summed E-state index contributed by atoms with van der Waals surface area (Å²) in [5.41, 5.74) is 0.849. The minimum absolute atomic E-state index is 0.105. The normalized spacial score (nSPS) is 21.3. The largest absolute Gasteiger partial charge is 0.358 e. The quantitative estimate of drug-likeness (QED) is 0.697. The van der Waals surface area contributed by atoms with E-state index in [2.05, 4.69) is 9.97 Å². The molecule has 1 atom stereocenters. The van der Waals surface area contributed by atoms with Crippen LogP contribution in [-0.4, -0.2) is 21.1 Å². The lowest BCUT2D eigenvalue weighted by molar-refractivity contribution is 0.0597. The molecule has 1 aliphatic heterocycles. The number of hydrogen-bond donors (Lipinski definition) is 0. The zero-order valence-electron chi connectivity index (χ0n) is 8.06. The van der Waals surface area contributed by atoms with Crippen LogP contribution in [0.5, 0.6) is 0 Å². The maximum atomic E-state index is 5.97. The van der Waals surface area contributed by atoms with Crippen LogP contribution in [-0.2, 0) is 4.74 Å². The standard InChI is InChI=1S/C10H10ClN3O/c11-9-7-3-4-14(8-2-1-5-15-8)10(7)13-6-12-9/h3-4,6,8H,1-2,5H2/t8-/m1/s1. The Balaban J connectivity index is 2.15. The average Bonchev–Trinajstić information content (AvgIpc) is 2.85. The molecule has 2 aromatic rings. The van der Waals surface area contributed by atoms with Crippen LogP contribution in [0.4, 0.5) is 0 Å². The van der Waals surface area contributed by atoms with Gasteiger partial charge in [0.1, 0.15) is 23.4 Å². The third-order valence-corrected chi connectivity index (χ3v) is 2.98. The molecular formula is C10H10ClN3O. The van der Waals surface area contributed by atoms with E-state index >= 15 is 0 Å². The van der Waals surface area contributed by atoms with Gasteiger partial charge in [-0.15, -0.1) is 0 Å². The Morgan fingerprint density at radius 3 is 3.20 bits per heavy atom. The summed E-state index contributed by atoms with van der Waals surface area (Å²) >= 11 is 5.97. The molecule has 2 aromatic heterocycles. The summed E-state index contributed by atoms with van der Waals surface area (Å²) in [6.07, 6.45) is 5.68. The SMILES string of the molecule is Clc1ncnc2c1ccn2[C@H]1CCCO1. The number of aromatic nitrogens is 3. The molecular weight excluding hydrogens is 214 g/mol. The van der Waals surface area contributed by atoms with Crippen molar-refractivity contribution in [2.24, 2.45) is 0 Å². The topological polar surface area (TPSA) is 39.9 Å². The van der Waals surface area contributed by atoms with E-state index in [1.54, 1.807) is 0 Å². The lowest BCUT2D eigenvalue weighted by Crippen LogP contribution is -2.06. The Hall–Kier alpha value is -1.13. The van der Waals surface area contributed by atoms with E-state index in [4.69, 9.17) is 16.3 Å². The fraction of sp³-hybridized carbons (Fsp3) is 0.400. The fourth-order valence-corrected chi connectivity index (χ4v) is 2.14. The van der Waals surface area contributed by atoms with E-state index in [0.717, 1.165) is 30.5 Å². The van der Waals surface area contributed by atoms with E-state index in [9.17, 15) is 0 Å². The van der Waals surface area contributed by atoms with Gasteiger partial charge in [0.25, 0.3) is 0 Å². The van der Waals surface area contributed by atoms with E-state index in [0.29, 0.717) is 5.15 Å². The van der Waals surface area contributed by atoms with Gasteiger partial charge in [-0.2, -0.15) is 0 Å². The first-order chi connectivity index (χ1) is 7.36. The molecule has 78 valence electrons. The number of hydrogen-bond acceptors (Lipinski definition) is 3. The van der Waals surface area contributed by atoms with Crippen LogP contribution < -0.4 is 0 Å². The molecule has 0 saturated carbocycles. The molecule has 3 rings (SSSR count). The van der Waals surface area contributed by atoms with E-state index in [1.165, 1.54) is 6.33 Å². The monoisotopic (exact) mass is 223 g/mol. The van der Waals surface area contributed by atoms with Crippen molar-refractivity contribution >= 4 is 22.6 Å². The third-order valence-electron chi connectivity index (χ3n) is 2.68. The van der Waals surface area contributed by atoms with Crippen molar-refractivity contribution in [2.45, 2.75) is 19.1 Å². The summed E-state index contributed by atoms with van der Waals surface area (Å²) < 4.78 is 7.63. The Bertz CT molecular complexity index is 490. The fourth-order valence-electron chi connectivity index (χ4n) is 1.95. The number of halogens is 1. The first kappa shape index (κ1) is 9.12. The summed E-state index contributed by atoms with van der Waals surface area (Å²) in [4.78, 5) is 8.18. The molecule has 0 N–H and O–H groups in total. The van der Waals surface area contributed by atoms with Crippen molar-refractivity contribution in [1.29, 1.82) is 0 Å². The molecule has 1 saturated heterocycles. The number of nitrogens with zero attached hydrogens (tertiary/aromatic N) is 3. The van der Waals surface area contributed by atoms with Gasteiger partial charge in [0, 0.05) is 12.8 Å². The minimum Gasteiger partial charge on any atom is -0.358 e. The molecule has 1 aliphatic rings. The molecule has 5 heteroatoms. The Morgan fingerprint density at radius 1 is 1.47 bits per heavy atom. The molecule has 0 amide bonds. The Morgan fingerprint density at radius 2 is 2.40 bits per heavy atom. The van der Waals surface area contributed by atoms with Crippen molar-refractivity contribution in [2.75, 3.05) is 6.61 Å². The van der Waals surface area contributed by atoms with Crippen LogP contribution in [0.1, 0.15) is 19.1 Å². The molecule has 0 aromatic carbocycles. The minimum atomic E-state index is 0.105.